The zero-order valence-electron chi connectivity index (χ0n) is 11.2. The van der Waals surface area contributed by atoms with Gasteiger partial charge in [-0.15, -0.1) is 0 Å². The maximum atomic E-state index is 12.2. The minimum absolute atomic E-state index is 0.00944. The van der Waals surface area contributed by atoms with E-state index in [0.717, 1.165) is 32.4 Å². The summed E-state index contributed by atoms with van der Waals surface area (Å²) in [6, 6.07) is 0. The van der Waals surface area contributed by atoms with Crippen LogP contribution in [0, 0.1) is 5.41 Å². The van der Waals surface area contributed by atoms with E-state index in [0.29, 0.717) is 13.0 Å². The summed E-state index contributed by atoms with van der Waals surface area (Å²) in [7, 11) is 0. The third kappa shape index (κ3) is 2.86. The second-order valence-corrected chi connectivity index (χ2v) is 4.72. The molecule has 1 aliphatic heterocycles. The molecule has 4 heteroatoms. The Morgan fingerprint density at radius 2 is 1.88 bits per heavy atom. The van der Waals surface area contributed by atoms with Gasteiger partial charge in [-0.05, 0) is 32.4 Å². The topological polar surface area (TPSA) is 49.4 Å². The van der Waals surface area contributed by atoms with Crippen molar-refractivity contribution in [2.24, 2.45) is 5.41 Å². The first-order valence-electron chi connectivity index (χ1n) is 6.66. The molecule has 0 aromatic heterocycles. The summed E-state index contributed by atoms with van der Waals surface area (Å²) in [5.41, 5.74) is -0.407. The average Bonchev–Trinajstić information content (AvgIpc) is 2.58. The van der Waals surface area contributed by atoms with Crippen molar-refractivity contribution in [2.45, 2.75) is 46.5 Å². The van der Waals surface area contributed by atoms with Crippen molar-refractivity contribution in [3.05, 3.63) is 0 Å². The van der Waals surface area contributed by atoms with Crippen molar-refractivity contribution >= 4 is 11.8 Å². The highest BCUT2D eigenvalue weighted by Crippen LogP contribution is 2.38. The molecule has 0 spiro atoms. The lowest BCUT2D eigenvalue weighted by Crippen LogP contribution is -2.36. The molecule has 1 saturated heterocycles. The van der Waals surface area contributed by atoms with Crippen molar-refractivity contribution in [3.8, 4) is 0 Å². The molecule has 1 N–H and O–H groups in total. The monoisotopic (exact) mass is 240 g/mol. The summed E-state index contributed by atoms with van der Waals surface area (Å²) >= 11 is 0. The standard InChI is InChI=1S/C13H24N2O2/c1-4-13(5-2)10-11(16)15(12(13)17)9-7-8-14-6-3/h14H,4-10H2,1-3H3. The molecule has 0 aliphatic carbocycles. The second kappa shape index (κ2) is 6.15. The van der Waals surface area contributed by atoms with E-state index in [9.17, 15) is 9.59 Å². The summed E-state index contributed by atoms with van der Waals surface area (Å²) < 4.78 is 0. The van der Waals surface area contributed by atoms with Gasteiger partial charge in [0.05, 0.1) is 5.41 Å². The molecular weight excluding hydrogens is 216 g/mol. The first-order valence-corrected chi connectivity index (χ1v) is 6.66. The minimum Gasteiger partial charge on any atom is -0.317 e. The van der Waals surface area contributed by atoms with Crippen LogP contribution >= 0.6 is 0 Å². The third-order valence-corrected chi connectivity index (χ3v) is 3.83. The van der Waals surface area contributed by atoms with E-state index in [1.807, 2.05) is 20.8 Å². The fourth-order valence-electron chi connectivity index (χ4n) is 2.43. The zero-order valence-corrected chi connectivity index (χ0v) is 11.2. The van der Waals surface area contributed by atoms with Crippen LogP contribution in [0.3, 0.4) is 0 Å². The van der Waals surface area contributed by atoms with Crippen molar-refractivity contribution in [1.82, 2.24) is 10.2 Å². The number of rotatable bonds is 7. The van der Waals surface area contributed by atoms with Gasteiger partial charge in [0, 0.05) is 13.0 Å². The lowest BCUT2D eigenvalue weighted by Gasteiger charge is -2.23. The van der Waals surface area contributed by atoms with Gasteiger partial charge < -0.3 is 5.32 Å². The molecule has 1 aliphatic rings. The van der Waals surface area contributed by atoms with Gasteiger partial charge in [0.1, 0.15) is 0 Å². The number of carbonyl (C=O) groups is 2. The Labute approximate surface area is 104 Å². The van der Waals surface area contributed by atoms with Gasteiger partial charge >= 0.3 is 0 Å². The third-order valence-electron chi connectivity index (χ3n) is 3.83. The lowest BCUT2D eigenvalue weighted by atomic mass is 9.81. The molecule has 0 aromatic carbocycles. The van der Waals surface area contributed by atoms with Gasteiger partial charge in [-0.25, -0.2) is 0 Å². The van der Waals surface area contributed by atoms with Crippen molar-refractivity contribution < 1.29 is 9.59 Å². The number of imide groups is 1. The predicted octanol–water partition coefficient (Wildman–Crippen LogP) is 1.55. The van der Waals surface area contributed by atoms with Crippen molar-refractivity contribution in [1.29, 1.82) is 0 Å². The SMILES string of the molecule is CCNCCCN1C(=O)CC(CC)(CC)C1=O. The molecule has 0 atom stereocenters. The highest BCUT2D eigenvalue weighted by Gasteiger charge is 2.48. The summed E-state index contributed by atoms with van der Waals surface area (Å²) in [5.74, 6) is 0.0548. The largest absolute Gasteiger partial charge is 0.317 e. The van der Waals surface area contributed by atoms with Gasteiger partial charge in [-0.2, -0.15) is 0 Å². The van der Waals surface area contributed by atoms with Crippen LogP contribution in [0.2, 0.25) is 0 Å². The van der Waals surface area contributed by atoms with Crippen LogP contribution in [-0.4, -0.2) is 36.3 Å². The van der Waals surface area contributed by atoms with Crippen LogP contribution in [0.5, 0.6) is 0 Å². The summed E-state index contributed by atoms with van der Waals surface area (Å²) in [5, 5.41) is 3.20. The van der Waals surface area contributed by atoms with E-state index in [1.54, 1.807) is 0 Å². The number of nitrogens with one attached hydrogen (secondary N) is 1. The summed E-state index contributed by atoms with van der Waals surface area (Å²) in [6.45, 7) is 8.39. The number of hydrogen-bond acceptors (Lipinski definition) is 3. The molecular formula is C13H24N2O2. The summed E-state index contributed by atoms with van der Waals surface area (Å²) in [6.07, 6.45) is 2.77. The number of hydrogen-bond donors (Lipinski definition) is 1. The second-order valence-electron chi connectivity index (χ2n) is 4.72. The van der Waals surface area contributed by atoms with Gasteiger partial charge in [0.2, 0.25) is 11.8 Å². The molecule has 0 bridgehead atoms. The van der Waals surface area contributed by atoms with E-state index >= 15 is 0 Å². The van der Waals surface area contributed by atoms with E-state index in [4.69, 9.17) is 0 Å². The van der Waals surface area contributed by atoms with Crippen LogP contribution < -0.4 is 5.32 Å². The molecule has 4 nitrogen and oxygen atoms in total. The fraction of sp³-hybridized carbons (Fsp3) is 0.846. The molecule has 0 saturated carbocycles. The quantitative estimate of drug-likeness (QED) is 0.542. The Bertz CT molecular complexity index is 285. The molecule has 1 heterocycles. The van der Waals surface area contributed by atoms with Crippen LogP contribution in [-0.2, 0) is 9.59 Å². The first kappa shape index (κ1) is 14.2. The first-order chi connectivity index (χ1) is 8.11. The smallest absolute Gasteiger partial charge is 0.235 e. The zero-order chi connectivity index (χ0) is 12.9. The lowest BCUT2D eigenvalue weighted by molar-refractivity contribution is -0.141. The fourth-order valence-corrected chi connectivity index (χ4v) is 2.43. The Morgan fingerprint density at radius 1 is 1.24 bits per heavy atom. The van der Waals surface area contributed by atoms with Gasteiger partial charge in [-0.3, -0.25) is 14.5 Å². The molecule has 98 valence electrons. The number of nitrogens with zero attached hydrogens (tertiary/aromatic N) is 1. The van der Waals surface area contributed by atoms with E-state index in [1.165, 1.54) is 4.90 Å². The Kier molecular flexibility index (Phi) is 5.12. The highest BCUT2D eigenvalue weighted by atomic mass is 16.2. The van der Waals surface area contributed by atoms with Crippen LogP contribution in [0.4, 0.5) is 0 Å². The molecule has 1 rings (SSSR count). The van der Waals surface area contributed by atoms with Crippen molar-refractivity contribution in [3.63, 3.8) is 0 Å². The number of likely N-dealkylation sites (tertiary alicyclic amines) is 1. The normalized spacial score (nSPS) is 19.1. The van der Waals surface area contributed by atoms with Crippen LogP contribution in [0.1, 0.15) is 46.5 Å². The average molecular weight is 240 g/mol. The number of carbonyl (C=O) groups excluding carboxylic acids is 2. The van der Waals surface area contributed by atoms with Crippen LogP contribution in [0.15, 0.2) is 0 Å². The predicted molar refractivity (Wildman–Crippen MR) is 67.5 cm³/mol. The van der Waals surface area contributed by atoms with Gasteiger partial charge in [-0.1, -0.05) is 20.8 Å². The highest BCUT2D eigenvalue weighted by molar-refractivity contribution is 6.05. The maximum Gasteiger partial charge on any atom is 0.235 e. The molecule has 17 heavy (non-hydrogen) atoms. The molecule has 0 unspecified atom stereocenters. The Hall–Kier alpha value is -0.900. The van der Waals surface area contributed by atoms with E-state index < -0.39 is 5.41 Å². The number of amides is 2. The summed E-state index contributed by atoms with van der Waals surface area (Å²) in [4.78, 5) is 25.6. The van der Waals surface area contributed by atoms with E-state index in [2.05, 4.69) is 5.32 Å². The maximum absolute atomic E-state index is 12.2. The van der Waals surface area contributed by atoms with Crippen molar-refractivity contribution in [2.75, 3.05) is 19.6 Å². The Morgan fingerprint density at radius 3 is 2.35 bits per heavy atom. The minimum atomic E-state index is -0.407. The molecule has 2 amide bonds. The molecule has 0 aromatic rings. The van der Waals surface area contributed by atoms with Gasteiger partial charge in [0.25, 0.3) is 0 Å². The Balaban J connectivity index is 2.56. The molecule has 0 radical (unpaired) electrons. The van der Waals surface area contributed by atoms with Gasteiger partial charge in [0.15, 0.2) is 0 Å². The van der Waals surface area contributed by atoms with Crippen LogP contribution in [0.25, 0.3) is 0 Å². The molecule has 1 fully saturated rings. The van der Waals surface area contributed by atoms with E-state index in [-0.39, 0.29) is 11.8 Å².